The van der Waals surface area contributed by atoms with Crippen LogP contribution < -0.4 is 16.0 Å². The lowest BCUT2D eigenvalue weighted by Crippen LogP contribution is -2.43. The number of carbonyl (C=O) groups is 1. The molecule has 0 spiro atoms. The van der Waals surface area contributed by atoms with Crippen molar-refractivity contribution in [3.8, 4) is 0 Å². The van der Waals surface area contributed by atoms with Gasteiger partial charge in [-0.3, -0.25) is 9.79 Å². The zero-order chi connectivity index (χ0) is 17.7. The topological polar surface area (TPSA) is 74.8 Å². The second-order valence-electron chi connectivity index (χ2n) is 6.99. The highest BCUT2D eigenvalue weighted by molar-refractivity contribution is 14.0. The van der Waals surface area contributed by atoms with Crippen LogP contribution in [0.2, 0.25) is 0 Å². The number of amides is 1. The Balaban J connectivity index is 0. The molecule has 0 unspecified atom stereocenters. The van der Waals surface area contributed by atoms with E-state index in [1.807, 2.05) is 27.7 Å². The van der Waals surface area contributed by atoms with E-state index < -0.39 is 0 Å². The van der Waals surface area contributed by atoms with Crippen LogP contribution in [-0.2, 0) is 9.53 Å². The molecule has 0 fully saturated rings. The van der Waals surface area contributed by atoms with Crippen LogP contribution in [0.15, 0.2) is 4.99 Å². The number of aliphatic imine (C=N–C) groups is 1. The summed E-state index contributed by atoms with van der Waals surface area (Å²) in [6.45, 7) is 16.2. The Bertz CT molecular complexity index is 355. The second kappa shape index (κ2) is 14.7. The lowest BCUT2D eigenvalue weighted by Gasteiger charge is -2.18. The van der Waals surface area contributed by atoms with Crippen LogP contribution in [0.5, 0.6) is 0 Å². The van der Waals surface area contributed by atoms with Crippen molar-refractivity contribution in [2.75, 3.05) is 39.4 Å². The minimum absolute atomic E-state index is 0. The van der Waals surface area contributed by atoms with E-state index in [1.165, 1.54) is 0 Å². The number of rotatable bonds is 10. The molecule has 0 aromatic heterocycles. The third kappa shape index (κ3) is 15.0. The zero-order valence-corrected chi connectivity index (χ0v) is 18.5. The van der Waals surface area contributed by atoms with Gasteiger partial charge in [-0.15, -0.1) is 24.0 Å². The number of ether oxygens (including phenoxy) is 1. The van der Waals surface area contributed by atoms with Crippen molar-refractivity contribution in [2.45, 2.75) is 48.0 Å². The fraction of sp³-hybridized carbons (Fsp3) is 0.882. The number of halogens is 1. The van der Waals surface area contributed by atoms with Crippen LogP contribution in [0.25, 0.3) is 0 Å². The molecule has 0 saturated heterocycles. The van der Waals surface area contributed by atoms with Gasteiger partial charge in [0.25, 0.3) is 0 Å². The van der Waals surface area contributed by atoms with Gasteiger partial charge in [0.15, 0.2) is 5.96 Å². The molecule has 0 aliphatic carbocycles. The molecule has 1 amide bonds. The number of nitrogens with one attached hydrogen (secondary N) is 3. The number of nitrogens with zero attached hydrogens (tertiary/aromatic N) is 1. The maximum atomic E-state index is 11.8. The Morgan fingerprint density at radius 1 is 1.08 bits per heavy atom. The summed E-state index contributed by atoms with van der Waals surface area (Å²) in [4.78, 5) is 16.2. The molecule has 7 heteroatoms. The molecule has 0 aromatic rings. The van der Waals surface area contributed by atoms with Crippen molar-refractivity contribution < 1.29 is 9.53 Å². The molecule has 6 nitrogen and oxygen atoms in total. The number of hydrogen-bond donors (Lipinski definition) is 3. The zero-order valence-electron chi connectivity index (χ0n) is 16.2. The van der Waals surface area contributed by atoms with E-state index in [1.54, 1.807) is 0 Å². The van der Waals surface area contributed by atoms with Crippen LogP contribution >= 0.6 is 24.0 Å². The second-order valence-corrected chi connectivity index (χ2v) is 6.99. The van der Waals surface area contributed by atoms with Gasteiger partial charge in [-0.05, 0) is 19.3 Å². The number of hydrogen-bond acceptors (Lipinski definition) is 3. The molecule has 144 valence electrons. The molecule has 3 N–H and O–H groups in total. The summed E-state index contributed by atoms with van der Waals surface area (Å²) in [7, 11) is 0. The molecule has 0 aliphatic heterocycles. The van der Waals surface area contributed by atoms with E-state index in [9.17, 15) is 4.79 Å². The van der Waals surface area contributed by atoms with Crippen LogP contribution in [0, 0.1) is 11.3 Å². The smallest absolute Gasteiger partial charge is 0.225 e. The molecule has 24 heavy (non-hydrogen) atoms. The first kappa shape index (κ1) is 25.7. The van der Waals surface area contributed by atoms with Crippen LogP contribution in [-0.4, -0.2) is 51.3 Å². The predicted octanol–water partition coefficient (Wildman–Crippen LogP) is 2.38. The molecule has 0 aliphatic rings. The Morgan fingerprint density at radius 2 is 1.71 bits per heavy atom. The first-order valence-corrected chi connectivity index (χ1v) is 8.65. The average molecular weight is 456 g/mol. The lowest BCUT2D eigenvalue weighted by atomic mass is 9.96. The van der Waals surface area contributed by atoms with Crippen LogP contribution in [0.3, 0.4) is 0 Å². The van der Waals surface area contributed by atoms with E-state index in [-0.39, 0.29) is 35.3 Å². The molecule has 0 saturated carbocycles. The van der Waals surface area contributed by atoms with Crippen LogP contribution in [0.4, 0.5) is 0 Å². The first-order valence-electron chi connectivity index (χ1n) is 8.65. The lowest BCUT2D eigenvalue weighted by molar-refractivity contribution is -0.128. The van der Waals surface area contributed by atoms with E-state index in [2.05, 4.69) is 34.8 Å². The summed E-state index contributed by atoms with van der Waals surface area (Å²) in [5.41, 5.74) is -0.355. The molecule has 0 aromatic carbocycles. The van der Waals surface area contributed by atoms with E-state index in [0.29, 0.717) is 32.2 Å². The fourth-order valence-corrected chi connectivity index (χ4v) is 1.61. The summed E-state index contributed by atoms with van der Waals surface area (Å²) in [6.07, 6.45) is 1.08. The van der Waals surface area contributed by atoms with Gasteiger partial charge in [0.05, 0.1) is 13.2 Å². The van der Waals surface area contributed by atoms with Crippen molar-refractivity contribution in [1.82, 2.24) is 16.0 Å². The van der Waals surface area contributed by atoms with E-state index in [4.69, 9.17) is 4.74 Å². The third-order valence-electron chi connectivity index (χ3n) is 3.07. The largest absolute Gasteiger partial charge is 0.380 e. The van der Waals surface area contributed by atoms with Gasteiger partial charge in [-0.2, -0.15) is 0 Å². The summed E-state index contributed by atoms with van der Waals surface area (Å²) in [5, 5.41) is 9.29. The first-order chi connectivity index (χ1) is 10.8. The summed E-state index contributed by atoms with van der Waals surface area (Å²) >= 11 is 0. The summed E-state index contributed by atoms with van der Waals surface area (Å²) < 4.78 is 5.55. The van der Waals surface area contributed by atoms with E-state index >= 15 is 0 Å². The number of carbonyl (C=O) groups excluding carboxylic acids is 1. The molecular weight excluding hydrogens is 419 g/mol. The Labute approximate surface area is 165 Å². The average Bonchev–Trinajstić information content (AvgIpc) is 2.45. The minimum Gasteiger partial charge on any atom is -0.380 e. The van der Waals surface area contributed by atoms with Crippen molar-refractivity contribution in [3.63, 3.8) is 0 Å². The fourth-order valence-electron chi connectivity index (χ4n) is 1.61. The Hall–Kier alpha value is -0.570. The monoisotopic (exact) mass is 456 g/mol. The maximum Gasteiger partial charge on any atom is 0.225 e. The van der Waals surface area contributed by atoms with Gasteiger partial charge in [0.2, 0.25) is 5.91 Å². The molecule has 0 radical (unpaired) electrons. The maximum absolute atomic E-state index is 11.8. The van der Waals surface area contributed by atoms with Gasteiger partial charge in [0.1, 0.15) is 0 Å². The van der Waals surface area contributed by atoms with Gasteiger partial charge in [0, 0.05) is 31.7 Å². The SMILES string of the molecule is CCNC(=NCCOCCC(C)C)NCCNC(=O)C(C)(C)C.I. The van der Waals surface area contributed by atoms with Crippen molar-refractivity contribution in [1.29, 1.82) is 0 Å². The van der Waals surface area contributed by atoms with Gasteiger partial charge in [-0.25, -0.2) is 0 Å². The van der Waals surface area contributed by atoms with Gasteiger partial charge >= 0.3 is 0 Å². The summed E-state index contributed by atoms with van der Waals surface area (Å²) in [5.74, 6) is 1.48. The highest BCUT2D eigenvalue weighted by atomic mass is 127. The minimum atomic E-state index is -0.355. The molecular formula is C17H37IN4O2. The quantitative estimate of drug-likeness (QED) is 0.204. The Kier molecular flexibility index (Phi) is 15.8. The van der Waals surface area contributed by atoms with Crippen LogP contribution in [0.1, 0.15) is 48.0 Å². The van der Waals surface area contributed by atoms with E-state index in [0.717, 1.165) is 25.5 Å². The molecule has 0 atom stereocenters. The molecule has 0 heterocycles. The van der Waals surface area contributed by atoms with Crippen molar-refractivity contribution in [2.24, 2.45) is 16.3 Å². The highest BCUT2D eigenvalue weighted by Gasteiger charge is 2.20. The Morgan fingerprint density at radius 3 is 2.25 bits per heavy atom. The summed E-state index contributed by atoms with van der Waals surface area (Å²) in [6, 6.07) is 0. The van der Waals surface area contributed by atoms with Gasteiger partial charge in [-0.1, -0.05) is 34.6 Å². The number of guanidine groups is 1. The normalized spacial score (nSPS) is 11.9. The standard InChI is InChI=1S/C17H36N4O2.HI/c1-7-18-16(21-11-13-23-12-8-14(2)3)20-10-9-19-15(22)17(4,5)6;/h14H,7-13H2,1-6H3,(H,19,22)(H2,18,20,21);1H. The predicted molar refractivity (Wildman–Crippen MR) is 112 cm³/mol. The van der Waals surface area contributed by atoms with Crippen molar-refractivity contribution >= 4 is 35.8 Å². The van der Waals surface area contributed by atoms with Gasteiger partial charge < -0.3 is 20.7 Å². The van der Waals surface area contributed by atoms with Crippen molar-refractivity contribution in [3.05, 3.63) is 0 Å². The highest BCUT2D eigenvalue weighted by Crippen LogP contribution is 2.11. The third-order valence-corrected chi connectivity index (χ3v) is 3.07. The molecule has 0 rings (SSSR count). The molecule has 0 bridgehead atoms.